The molecule has 7 rings (SSSR count). The Morgan fingerprint density at radius 1 is 0.754 bits per heavy atom. The van der Waals surface area contributed by atoms with Crippen LogP contribution in [0.15, 0.2) is 109 Å². The number of ether oxygens (including phenoxy) is 1. The lowest BCUT2D eigenvalue weighted by atomic mass is 9.73. The normalized spacial score (nSPS) is 22.8. The lowest BCUT2D eigenvalue weighted by Gasteiger charge is -2.35. The molecule has 4 aromatic carbocycles. The van der Waals surface area contributed by atoms with Crippen molar-refractivity contribution < 1.29 is 19.4 Å². The molecule has 61 heavy (non-hydrogen) atoms. The van der Waals surface area contributed by atoms with Crippen molar-refractivity contribution in [2.45, 2.75) is 140 Å². The number of rotatable bonds is 21. The van der Waals surface area contributed by atoms with Crippen molar-refractivity contribution in [3.05, 3.63) is 143 Å². The van der Waals surface area contributed by atoms with Crippen LogP contribution in [0.5, 0.6) is 0 Å². The lowest BCUT2D eigenvalue weighted by molar-refractivity contribution is -0.162. The number of unbranched alkanes of at least 4 members (excludes halogenated alkanes) is 5. The molecule has 0 unspecified atom stereocenters. The molecule has 0 aromatic heterocycles. The van der Waals surface area contributed by atoms with Crippen LogP contribution in [0, 0.1) is 36.5 Å². The molecule has 0 radical (unpaired) electrons. The van der Waals surface area contributed by atoms with Crippen molar-refractivity contribution in [1.29, 1.82) is 0 Å². The molecule has 0 heterocycles. The van der Waals surface area contributed by atoms with Gasteiger partial charge in [0.15, 0.2) is 0 Å². The third kappa shape index (κ3) is 11.2. The fourth-order valence-electron chi connectivity index (χ4n) is 11.2. The maximum atomic E-state index is 14.2. The average molecular weight is 842 g/mol. The van der Waals surface area contributed by atoms with Gasteiger partial charge in [-0.1, -0.05) is 161 Å². The van der Waals surface area contributed by atoms with Crippen LogP contribution >= 0.6 is 11.8 Å². The number of carbonyl (C=O) groups is 2. The maximum absolute atomic E-state index is 14.2. The predicted molar refractivity (Wildman–Crippen MR) is 252 cm³/mol. The zero-order valence-electron chi connectivity index (χ0n) is 36.9. The Balaban J connectivity index is 0.907. The first kappa shape index (κ1) is 45.2. The molecular formula is C55H71NO4S. The number of aryl methyl sites for hydroxylation is 1. The van der Waals surface area contributed by atoms with Crippen LogP contribution in [0.1, 0.15) is 137 Å². The van der Waals surface area contributed by atoms with Crippen molar-refractivity contribution in [2.75, 3.05) is 12.3 Å². The molecule has 3 aliphatic rings. The molecule has 2 fully saturated rings. The summed E-state index contributed by atoms with van der Waals surface area (Å²) in [5, 5.41) is 14.2. The molecule has 0 spiro atoms. The Morgan fingerprint density at radius 3 is 2.05 bits per heavy atom. The van der Waals surface area contributed by atoms with E-state index in [4.69, 9.17) is 4.74 Å². The monoisotopic (exact) mass is 842 g/mol. The summed E-state index contributed by atoms with van der Waals surface area (Å²) in [4.78, 5) is 27.9. The molecule has 0 aliphatic heterocycles. The van der Waals surface area contributed by atoms with Crippen LogP contribution in [-0.2, 0) is 31.9 Å². The number of aliphatic hydroxyl groups is 1. The number of carbonyl (C=O) groups excluding carboxylic acids is 2. The molecule has 0 bridgehead atoms. The van der Waals surface area contributed by atoms with E-state index in [0.717, 1.165) is 115 Å². The van der Waals surface area contributed by atoms with E-state index in [1.165, 1.54) is 33.4 Å². The third-order valence-corrected chi connectivity index (χ3v) is 16.1. The standard InChI is InChI=1S/C55H71NO4S/c1-3-4-10-30-46(57)33-34-47-51-37-41-23-21-22-40(2)50(41)38-42(51)39-52(47)60-54(59)49-32-18-17-31-48(49)53(58)56-35-19-5-6-20-36-61-55(43-24-11-7-12-25-43,44-26-13-8-14-27-44)45-28-15-9-16-29-45/h7-9,11-16,21-29,42,46-49,51-52,57H,3-6,10,17-20,30-39H2,1-2H3,(H,56,58)/t42-,46-,47+,48+,49-,51-,52+/m0/s1. The Labute approximate surface area is 371 Å². The van der Waals surface area contributed by atoms with Gasteiger partial charge in [-0.05, 0) is 128 Å². The van der Waals surface area contributed by atoms with E-state index < -0.39 is 0 Å². The van der Waals surface area contributed by atoms with E-state index in [0.29, 0.717) is 18.4 Å². The highest BCUT2D eigenvalue weighted by molar-refractivity contribution is 8.00. The van der Waals surface area contributed by atoms with Crippen molar-refractivity contribution in [3.8, 4) is 0 Å². The largest absolute Gasteiger partial charge is 0.462 e. The number of esters is 1. The smallest absolute Gasteiger partial charge is 0.310 e. The van der Waals surface area contributed by atoms with Crippen molar-refractivity contribution >= 4 is 23.6 Å². The van der Waals surface area contributed by atoms with E-state index in [1.54, 1.807) is 0 Å². The summed E-state index contributed by atoms with van der Waals surface area (Å²) < 4.78 is 6.28. The second kappa shape index (κ2) is 22.5. The number of benzene rings is 4. The van der Waals surface area contributed by atoms with Gasteiger partial charge in [0.1, 0.15) is 6.10 Å². The van der Waals surface area contributed by atoms with Crippen molar-refractivity contribution in [1.82, 2.24) is 5.32 Å². The van der Waals surface area contributed by atoms with Gasteiger partial charge < -0.3 is 15.2 Å². The van der Waals surface area contributed by atoms with Gasteiger partial charge in [0.2, 0.25) is 5.91 Å². The highest BCUT2D eigenvalue weighted by Gasteiger charge is 2.48. The lowest BCUT2D eigenvalue weighted by Crippen LogP contribution is -2.42. The van der Waals surface area contributed by atoms with Gasteiger partial charge in [0.25, 0.3) is 0 Å². The fourth-order valence-corrected chi connectivity index (χ4v) is 12.7. The molecule has 7 atom stereocenters. The van der Waals surface area contributed by atoms with Gasteiger partial charge in [-0.3, -0.25) is 9.59 Å². The summed E-state index contributed by atoms with van der Waals surface area (Å²) in [7, 11) is 0. The van der Waals surface area contributed by atoms with E-state index in [-0.39, 0.29) is 46.6 Å². The van der Waals surface area contributed by atoms with Crippen LogP contribution in [0.3, 0.4) is 0 Å². The van der Waals surface area contributed by atoms with Crippen LogP contribution in [-0.4, -0.2) is 41.5 Å². The van der Waals surface area contributed by atoms with Crippen LogP contribution < -0.4 is 5.32 Å². The van der Waals surface area contributed by atoms with E-state index >= 15 is 0 Å². The molecular weight excluding hydrogens is 771 g/mol. The molecule has 5 nitrogen and oxygen atoms in total. The van der Waals surface area contributed by atoms with Crippen LogP contribution in [0.25, 0.3) is 0 Å². The van der Waals surface area contributed by atoms with Crippen LogP contribution in [0.2, 0.25) is 0 Å². The second-order valence-corrected chi connectivity index (χ2v) is 19.8. The first-order valence-electron chi connectivity index (χ1n) is 23.9. The quantitative estimate of drug-likeness (QED) is 0.0496. The minimum absolute atomic E-state index is 0.0216. The minimum atomic E-state index is -0.382. The van der Waals surface area contributed by atoms with E-state index in [1.807, 2.05) is 11.8 Å². The number of fused-ring (bicyclic) bond motifs is 2. The number of thioether (sulfide) groups is 1. The van der Waals surface area contributed by atoms with Gasteiger partial charge in [-0.25, -0.2) is 0 Å². The summed E-state index contributed by atoms with van der Waals surface area (Å²) in [6, 6.07) is 39.4. The highest BCUT2D eigenvalue weighted by atomic mass is 32.2. The summed E-state index contributed by atoms with van der Waals surface area (Å²) in [6.07, 6.45) is 15.9. The Bertz CT molecular complexity index is 1860. The SMILES string of the molecule is CCCCC[C@H](O)CC[C@@H]1[C@H]2Cc3cccc(C)c3C[C@H]2C[C@H]1OC(=O)[C@H]1CCCC[C@H]1C(=O)NCCCCCCSC(c1ccccc1)(c1ccccc1)c1ccccc1. The zero-order chi connectivity index (χ0) is 42.4. The second-order valence-electron chi connectivity index (χ2n) is 18.5. The number of amides is 1. The molecule has 1 amide bonds. The molecule has 326 valence electrons. The first-order chi connectivity index (χ1) is 29.9. The molecule has 4 aromatic rings. The predicted octanol–water partition coefficient (Wildman–Crippen LogP) is 12.2. The average Bonchev–Trinajstić information content (AvgIpc) is 3.63. The van der Waals surface area contributed by atoms with Gasteiger partial charge in [-0.15, -0.1) is 11.8 Å². The summed E-state index contributed by atoms with van der Waals surface area (Å²) in [5.74, 6) is 1.35. The summed E-state index contributed by atoms with van der Waals surface area (Å²) >= 11 is 2.02. The van der Waals surface area contributed by atoms with E-state index in [9.17, 15) is 14.7 Å². The third-order valence-electron chi connectivity index (χ3n) is 14.5. The Hall–Kier alpha value is -3.87. The van der Waals surface area contributed by atoms with Crippen molar-refractivity contribution in [2.24, 2.45) is 29.6 Å². The molecule has 2 N–H and O–H groups in total. The summed E-state index contributed by atoms with van der Waals surface area (Å²) in [5.41, 5.74) is 8.16. The zero-order valence-corrected chi connectivity index (χ0v) is 37.8. The Kier molecular flexibility index (Phi) is 16.6. The maximum Gasteiger partial charge on any atom is 0.310 e. The first-order valence-corrected chi connectivity index (χ1v) is 24.9. The summed E-state index contributed by atoms with van der Waals surface area (Å²) in [6.45, 7) is 5.06. The number of hydrogen-bond donors (Lipinski definition) is 2. The van der Waals surface area contributed by atoms with Gasteiger partial charge in [0.05, 0.1) is 22.7 Å². The van der Waals surface area contributed by atoms with Gasteiger partial charge in [-0.2, -0.15) is 0 Å². The molecule has 2 saturated carbocycles. The fraction of sp³-hybridized carbons (Fsp3) is 0.527. The molecule has 6 heteroatoms. The molecule has 0 saturated heterocycles. The van der Waals surface area contributed by atoms with Gasteiger partial charge >= 0.3 is 5.97 Å². The van der Waals surface area contributed by atoms with Crippen molar-refractivity contribution in [3.63, 3.8) is 0 Å². The van der Waals surface area contributed by atoms with Crippen LogP contribution in [0.4, 0.5) is 0 Å². The van der Waals surface area contributed by atoms with E-state index in [2.05, 4.69) is 128 Å². The number of hydrogen-bond acceptors (Lipinski definition) is 5. The number of nitrogens with one attached hydrogen (secondary N) is 1. The van der Waals surface area contributed by atoms with Gasteiger partial charge in [0, 0.05) is 6.54 Å². The Morgan fingerprint density at radius 2 is 1.39 bits per heavy atom. The minimum Gasteiger partial charge on any atom is -0.462 e. The highest BCUT2D eigenvalue weighted by Crippen LogP contribution is 2.50. The topological polar surface area (TPSA) is 75.6 Å². The number of aliphatic hydroxyl groups excluding tert-OH is 1. The molecule has 3 aliphatic carbocycles.